The van der Waals surface area contributed by atoms with Crippen molar-refractivity contribution in [2.75, 3.05) is 5.32 Å². The number of hydrogen-bond donors (Lipinski definition) is 1. The van der Waals surface area contributed by atoms with Crippen molar-refractivity contribution in [1.29, 1.82) is 0 Å². The van der Waals surface area contributed by atoms with Crippen LogP contribution in [0.5, 0.6) is 0 Å². The molecule has 0 amide bonds. The average Bonchev–Trinajstić information content (AvgIpc) is 2.31. The van der Waals surface area contributed by atoms with Crippen LogP contribution < -0.4 is 5.32 Å². The minimum atomic E-state index is -0.381. The predicted octanol–water partition coefficient (Wildman–Crippen LogP) is 4.70. The Morgan fingerprint density at radius 1 is 1.18 bits per heavy atom. The Morgan fingerprint density at radius 3 is 2.71 bits per heavy atom. The summed E-state index contributed by atoms with van der Waals surface area (Å²) in [6.07, 6.45) is 0. The molecule has 0 unspecified atom stereocenters. The van der Waals surface area contributed by atoms with E-state index in [2.05, 4.69) is 27.9 Å². The van der Waals surface area contributed by atoms with Gasteiger partial charge in [-0.05, 0) is 52.4 Å². The Bertz CT molecular complexity index is 531. The molecule has 0 bridgehead atoms. The van der Waals surface area contributed by atoms with E-state index in [1.54, 1.807) is 6.07 Å². The minimum Gasteiger partial charge on any atom is -0.381 e. The van der Waals surface area contributed by atoms with Crippen LogP contribution in [0.1, 0.15) is 5.56 Å². The van der Waals surface area contributed by atoms with Crippen LogP contribution in [0.25, 0.3) is 0 Å². The molecular formula is C13H10ClFIN. The van der Waals surface area contributed by atoms with Crippen molar-refractivity contribution in [3.63, 3.8) is 0 Å². The van der Waals surface area contributed by atoms with Crippen molar-refractivity contribution in [1.82, 2.24) is 0 Å². The van der Waals surface area contributed by atoms with Crippen LogP contribution in [0, 0.1) is 9.39 Å². The molecule has 4 heteroatoms. The van der Waals surface area contributed by atoms with E-state index in [4.69, 9.17) is 11.6 Å². The Kier molecular flexibility index (Phi) is 4.23. The number of rotatable bonds is 3. The normalized spacial score (nSPS) is 10.3. The largest absolute Gasteiger partial charge is 0.381 e. The van der Waals surface area contributed by atoms with Gasteiger partial charge in [0, 0.05) is 15.8 Å². The standard InChI is InChI=1S/C13H10ClFIN/c14-13-9(3-1-6-12(13)15)8-17-11-5-2-4-10(16)7-11/h1-7,17H,8H2. The molecule has 0 heterocycles. The van der Waals surface area contributed by atoms with Crippen LogP contribution in [0.4, 0.5) is 10.1 Å². The Balaban J connectivity index is 2.10. The van der Waals surface area contributed by atoms with Crippen LogP contribution in [-0.2, 0) is 6.54 Å². The highest BCUT2D eigenvalue weighted by molar-refractivity contribution is 14.1. The molecule has 0 fully saturated rings. The SMILES string of the molecule is Fc1cccc(CNc2cccc(I)c2)c1Cl. The average molecular weight is 362 g/mol. The summed E-state index contributed by atoms with van der Waals surface area (Å²) in [6, 6.07) is 12.8. The van der Waals surface area contributed by atoms with Crippen molar-refractivity contribution >= 4 is 39.9 Å². The van der Waals surface area contributed by atoms with Crippen LogP contribution in [0.2, 0.25) is 5.02 Å². The maximum atomic E-state index is 13.2. The summed E-state index contributed by atoms with van der Waals surface area (Å²) in [4.78, 5) is 0. The molecule has 0 saturated heterocycles. The number of anilines is 1. The summed E-state index contributed by atoms with van der Waals surface area (Å²) in [5.41, 5.74) is 1.75. The lowest BCUT2D eigenvalue weighted by atomic mass is 10.2. The molecule has 88 valence electrons. The molecule has 1 nitrogen and oxygen atoms in total. The van der Waals surface area contributed by atoms with Gasteiger partial charge in [0.2, 0.25) is 0 Å². The molecule has 1 N–H and O–H groups in total. The van der Waals surface area contributed by atoms with Gasteiger partial charge in [-0.3, -0.25) is 0 Å². The van der Waals surface area contributed by atoms with Crippen molar-refractivity contribution in [3.05, 3.63) is 62.4 Å². The molecule has 2 rings (SSSR count). The molecule has 2 aromatic rings. The number of halogens is 3. The molecule has 0 saturated carbocycles. The summed E-state index contributed by atoms with van der Waals surface area (Å²) in [7, 11) is 0. The fourth-order valence-corrected chi connectivity index (χ4v) is 2.22. The third kappa shape index (κ3) is 3.33. The third-order valence-corrected chi connectivity index (χ3v) is 3.43. The van der Waals surface area contributed by atoms with Gasteiger partial charge in [-0.1, -0.05) is 29.8 Å². The highest BCUT2D eigenvalue weighted by Gasteiger charge is 2.04. The highest BCUT2D eigenvalue weighted by atomic mass is 127. The molecular weight excluding hydrogens is 352 g/mol. The van der Waals surface area contributed by atoms with Crippen molar-refractivity contribution in [2.24, 2.45) is 0 Å². The lowest BCUT2D eigenvalue weighted by Gasteiger charge is -2.08. The number of benzene rings is 2. The van der Waals surface area contributed by atoms with E-state index >= 15 is 0 Å². The van der Waals surface area contributed by atoms with Gasteiger partial charge < -0.3 is 5.32 Å². The van der Waals surface area contributed by atoms with Gasteiger partial charge in [-0.2, -0.15) is 0 Å². The maximum Gasteiger partial charge on any atom is 0.142 e. The molecule has 0 aromatic heterocycles. The van der Waals surface area contributed by atoms with E-state index in [-0.39, 0.29) is 10.8 Å². The second-order valence-corrected chi connectivity index (χ2v) is 5.20. The maximum absolute atomic E-state index is 13.2. The van der Waals surface area contributed by atoms with Gasteiger partial charge >= 0.3 is 0 Å². The van der Waals surface area contributed by atoms with E-state index in [0.29, 0.717) is 6.54 Å². The van der Waals surface area contributed by atoms with Crippen LogP contribution in [0.3, 0.4) is 0 Å². The monoisotopic (exact) mass is 361 g/mol. The summed E-state index contributed by atoms with van der Waals surface area (Å²) in [5, 5.41) is 3.40. The zero-order chi connectivity index (χ0) is 12.3. The smallest absolute Gasteiger partial charge is 0.142 e. The summed E-state index contributed by atoms with van der Waals surface area (Å²) in [5.74, 6) is -0.381. The van der Waals surface area contributed by atoms with E-state index in [9.17, 15) is 4.39 Å². The molecule has 17 heavy (non-hydrogen) atoms. The highest BCUT2D eigenvalue weighted by Crippen LogP contribution is 2.21. The predicted molar refractivity (Wildman–Crippen MR) is 77.9 cm³/mol. The molecule has 0 spiro atoms. The molecule has 0 aliphatic heterocycles. The molecule has 0 radical (unpaired) electrons. The topological polar surface area (TPSA) is 12.0 Å². The van der Waals surface area contributed by atoms with E-state index < -0.39 is 0 Å². The van der Waals surface area contributed by atoms with Crippen molar-refractivity contribution < 1.29 is 4.39 Å². The molecule has 2 aromatic carbocycles. The summed E-state index contributed by atoms with van der Waals surface area (Å²) >= 11 is 8.12. The lowest BCUT2D eigenvalue weighted by molar-refractivity contribution is 0.626. The third-order valence-electron chi connectivity index (χ3n) is 2.34. The van der Waals surface area contributed by atoms with Crippen LogP contribution >= 0.6 is 34.2 Å². The van der Waals surface area contributed by atoms with Gasteiger partial charge in [-0.25, -0.2) is 4.39 Å². The molecule has 0 aliphatic rings. The first kappa shape index (κ1) is 12.6. The molecule has 0 atom stereocenters. The Morgan fingerprint density at radius 2 is 1.94 bits per heavy atom. The second-order valence-electron chi connectivity index (χ2n) is 3.58. The molecule has 0 aliphatic carbocycles. The zero-order valence-corrected chi connectivity index (χ0v) is 11.8. The van der Waals surface area contributed by atoms with E-state index in [1.165, 1.54) is 6.07 Å². The van der Waals surface area contributed by atoms with Gasteiger partial charge in [0.1, 0.15) is 5.82 Å². The van der Waals surface area contributed by atoms with Gasteiger partial charge in [-0.15, -0.1) is 0 Å². The van der Waals surface area contributed by atoms with Crippen LogP contribution in [0.15, 0.2) is 42.5 Å². The number of hydrogen-bond acceptors (Lipinski definition) is 1. The van der Waals surface area contributed by atoms with Crippen molar-refractivity contribution in [2.45, 2.75) is 6.54 Å². The van der Waals surface area contributed by atoms with E-state index in [0.717, 1.165) is 14.8 Å². The second kappa shape index (κ2) is 5.69. The van der Waals surface area contributed by atoms with Gasteiger partial charge in [0.05, 0.1) is 5.02 Å². The van der Waals surface area contributed by atoms with Gasteiger partial charge in [0.15, 0.2) is 0 Å². The van der Waals surface area contributed by atoms with Crippen molar-refractivity contribution in [3.8, 4) is 0 Å². The summed E-state index contributed by atoms with van der Waals surface area (Å²) < 4.78 is 14.4. The summed E-state index contributed by atoms with van der Waals surface area (Å²) in [6.45, 7) is 0.511. The number of nitrogens with one attached hydrogen (secondary N) is 1. The van der Waals surface area contributed by atoms with Gasteiger partial charge in [0.25, 0.3) is 0 Å². The first-order valence-corrected chi connectivity index (χ1v) is 6.55. The Labute approximate surface area is 118 Å². The van der Waals surface area contributed by atoms with E-state index in [1.807, 2.05) is 30.3 Å². The quantitative estimate of drug-likeness (QED) is 0.782. The fraction of sp³-hybridized carbons (Fsp3) is 0.0769. The minimum absolute atomic E-state index is 0.186. The first-order chi connectivity index (χ1) is 8.16. The zero-order valence-electron chi connectivity index (χ0n) is 8.88. The Hall–Kier alpha value is -0.810. The first-order valence-electron chi connectivity index (χ1n) is 5.09. The van der Waals surface area contributed by atoms with Crippen LogP contribution in [-0.4, -0.2) is 0 Å². The lowest BCUT2D eigenvalue weighted by Crippen LogP contribution is -2.00. The fourth-order valence-electron chi connectivity index (χ4n) is 1.48.